The highest BCUT2D eigenvalue weighted by atomic mass is 14.9. The molecule has 0 aromatic carbocycles. The number of hydrogen-bond donors (Lipinski definition) is 1. The maximum absolute atomic E-state index is 3.81. The fraction of sp³-hybridized carbons (Fsp3) is 1.00. The van der Waals surface area contributed by atoms with Gasteiger partial charge in [0.15, 0.2) is 0 Å². The van der Waals surface area contributed by atoms with Crippen LogP contribution in [0.3, 0.4) is 0 Å². The zero-order valence-corrected chi connectivity index (χ0v) is 13.2. The lowest BCUT2D eigenvalue weighted by Crippen LogP contribution is -2.40. The molecule has 0 aromatic rings. The molecule has 3 unspecified atom stereocenters. The molecular weight excluding hydrogens is 218 g/mol. The minimum atomic E-state index is 0.755. The summed E-state index contributed by atoms with van der Waals surface area (Å²) in [6.45, 7) is 10.6. The Kier molecular flexibility index (Phi) is 7.97. The van der Waals surface area contributed by atoms with Gasteiger partial charge in [0, 0.05) is 6.04 Å². The molecule has 1 fully saturated rings. The van der Waals surface area contributed by atoms with Gasteiger partial charge in [0.05, 0.1) is 0 Å². The fourth-order valence-corrected chi connectivity index (χ4v) is 3.72. The van der Waals surface area contributed by atoms with E-state index in [0.717, 1.165) is 23.8 Å². The third kappa shape index (κ3) is 5.30. The third-order valence-electron chi connectivity index (χ3n) is 4.69. The Labute approximate surface area is 115 Å². The Morgan fingerprint density at radius 2 is 1.78 bits per heavy atom. The molecule has 1 saturated carbocycles. The summed E-state index contributed by atoms with van der Waals surface area (Å²) < 4.78 is 0. The van der Waals surface area contributed by atoms with E-state index in [1.807, 2.05) is 0 Å². The van der Waals surface area contributed by atoms with E-state index >= 15 is 0 Å². The summed E-state index contributed by atoms with van der Waals surface area (Å²) in [4.78, 5) is 0. The van der Waals surface area contributed by atoms with Crippen LogP contribution >= 0.6 is 0 Å². The van der Waals surface area contributed by atoms with Gasteiger partial charge >= 0.3 is 0 Å². The zero-order valence-electron chi connectivity index (χ0n) is 13.2. The van der Waals surface area contributed by atoms with Crippen LogP contribution in [0.5, 0.6) is 0 Å². The van der Waals surface area contributed by atoms with Crippen molar-refractivity contribution in [2.24, 2.45) is 17.8 Å². The second-order valence-corrected chi connectivity index (χ2v) is 6.65. The van der Waals surface area contributed by atoms with E-state index in [1.165, 1.54) is 57.9 Å². The van der Waals surface area contributed by atoms with Crippen molar-refractivity contribution in [3.63, 3.8) is 0 Å². The first kappa shape index (κ1) is 16.0. The fourth-order valence-electron chi connectivity index (χ4n) is 3.72. The Hall–Kier alpha value is -0.0400. The highest BCUT2D eigenvalue weighted by Gasteiger charge is 2.26. The van der Waals surface area contributed by atoms with Crippen molar-refractivity contribution < 1.29 is 0 Å². The zero-order chi connectivity index (χ0) is 13.4. The van der Waals surface area contributed by atoms with Crippen molar-refractivity contribution in [1.82, 2.24) is 5.32 Å². The van der Waals surface area contributed by atoms with Gasteiger partial charge in [0.1, 0.15) is 0 Å². The van der Waals surface area contributed by atoms with Gasteiger partial charge in [-0.2, -0.15) is 0 Å². The number of rotatable bonds is 7. The van der Waals surface area contributed by atoms with Crippen molar-refractivity contribution >= 4 is 0 Å². The molecule has 0 amide bonds. The molecule has 3 atom stereocenters. The van der Waals surface area contributed by atoms with Crippen LogP contribution in [0.2, 0.25) is 0 Å². The van der Waals surface area contributed by atoms with Gasteiger partial charge in [-0.3, -0.25) is 0 Å². The predicted molar refractivity (Wildman–Crippen MR) is 81.9 cm³/mol. The molecular formula is C17H35N. The van der Waals surface area contributed by atoms with Crippen molar-refractivity contribution in [2.45, 2.75) is 85.1 Å². The second-order valence-electron chi connectivity index (χ2n) is 6.65. The van der Waals surface area contributed by atoms with Gasteiger partial charge in [-0.15, -0.1) is 0 Å². The summed E-state index contributed by atoms with van der Waals surface area (Å²) >= 11 is 0. The average molecular weight is 253 g/mol. The maximum Gasteiger partial charge on any atom is 0.0118 e. The van der Waals surface area contributed by atoms with Gasteiger partial charge in [0.25, 0.3) is 0 Å². The summed E-state index contributed by atoms with van der Waals surface area (Å²) in [6, 6.07) is 0.755. The van der Waals surface area contributed by atoms with Gasteiger partial charge in [-0.05, 0) is 43.6 Å². The van der Waals surface area contributed by atoms with Gasteiger partial charge in [0.2, 0.25) is 0 Å². The van der Waals surface area contributed by atoms with E-state index < -0.39 is 0 Å². The molecule has 1 rings (SSSR count). The lowest BCUT2D eigenvalue weighted by Gasteiger charge is -2.30. The molecule has 0 heterocycles. The standard InChI is InChI=1S/C17H35N/c1-5-8-15-9-7-10-16(12-11-15)17(14(3)4)18-13-6-2/h14-18H,5-13H2,1-4H3. The van der Waals surface area contributed by atoms with Gasteiger partial charge in [-0.1, -0.05) is 59.8 Å². The monoisotopic (exact) mass is 253 g/mol. The molecule has 1 aliphatic rings. The molecule has 0 spiro atoms. The van der Waals surface area contributed by atoms with E-state index in [1.54, 1.807) is 0 Å². The van der Waals surface area contributed by atoms with E-state index in [9.17, 15) is 0 Å². The van der Waals surface area contributed by atoms with Crippen molar-refractivity contribution in [3.8, 4) is 0 Å². The molecule has 1 N–H and O–H groups in total. The lowest BCUT2D eigenvalue weighted by molar-refractivity contribution is 0.256. The Bertz CT molecular complexity index is 200. The van der Waals surface area contributed by atoms with Gasteiger partial charge in [-0.25, -0.2) is 0 Å². The SMILES string of the molecule is CCCNC(C(C)C)C1CCCC(CCC)CC1. The predicted octanol–water partition coefficient (Wildman–Crippen LogP) is 5.01. The van der Waals surface area contributed by atoms with E-state index in [4.69, 9.17) is 0 Å². The Balaban J connectivity index is 2.47. The first-order valence-electron chi connectivity index (χ1n) is 8.42. The van der Waals surface area contributed by atoms with Crippen molar-refractivity contribution in [2.75, 3.05) is 6.54 Å². The quantitative estimate of drug-likeness (QED) is 0.629. The number of nitrogens with one attached hydrogen (secondary N) is 1. The van der Waals surface area contributed by atoms with Gasteiger partial charge < -0.3 is 5.32 Å². The first-order chi connectivity index (χ1) is 8.69. The molecule has 0 aromatic heterocycles. The smallest absolute Gasteiger partial charge is 0.0118 e. The molecule has 0 saturated heterocycles. The summed E-state index contributed by atoms with van der Waals surface area (Å²) in [5.74, 6) is 2.74. The molecule has 0 radical (unpaired) electrons. The molecule has 18 heavy (non-hydrogen) atoms. The van der Waals surface area contributed by atoms with Crippen LogP contribution in [0, 0.1) is 17.8 Å². The topological polar surface area (TPSA) is 12.0 Å². The van der Waals surface area contributed by atoms with E-state index in [0.29, 0.717) is 0 Å². The summed E-state index contributed by atoms with van der Waals surface area (Å²) in [5, 5.41) is 3.81. The summed E-state index contributed by atoms with van der Waals surface area (Å²) in [7, 11) is 0. The minimum absolute atomic E-state index is 0.755. The van der Waals surface area contributed by atoms with Crippen LogP contribution in [-0.2, 0) is 0 Å². The van der Waals surface area contributed by atoms with Crippen LogP contribution in [-0.4, -0.2) is 12.6 Å². The van der Waals surface area contributed by atoms with Crippen LogP contribution in [0.15, 0.2) is 0 Å². The van der Waals surface area contributed by atoms with E-state index in [2.05, 4.69) is 33.0 Å². The Morgan fingerprint density at radius 1 is 1.00 bits per heavy atom. The Morgan fingerprint density at radius 3 is 2.39 bits per heavy atom. The van der Waals surface area contributed by atoms with Crippen molar-refractivity contribution in [1.29, 1.82) is 0 Å². The normalized spacial score (nSPS) is 27.2. The third-order valence-corrected chi connectivity index (χ3v) is 4.69. The van der Waals surface area contributed by atoms with Crippen LogP contribution in [0.1, 0.15) is 79.1 Å². The number of hydrogen-bond acceptors (Lipinski definition) is 1. The van der Waals surface area contributed by atoms with Crippen LogP contribution in [0.4, 0.5) is 0 Å². The van der Waals surface area contributed by atoms with E-state index in [-0.39, 0.29) is 0 Å². The highest BCUT2D eigenvalue weighted by Crippen LogP contribution is 2.33. The first-order valence-corrected chi connectivity index (χ1v) is 8.42. The molecule has 1 nitrogen and oxygen atoms in total. The summed E-state index contributed by atoms with van der Waals surface area (Å²) in [5.41, 5.74) is 0. The molecule has 0 aliphatic heterocycles. The van der Waals surface area contributed by atoms with Crippen LogP contribution in [0.25, 0.3) is 0 Å². The largest absolute Gasteiger partial charge is 0.313 e. The minimum Gasteiger partial charge on any atom is -0.313 e. The summed E-state index contributed by atoms with van der Waals surface area (Å²) in [6.07, 6.45) is 11.4. The second kappa shape index (κ2) is 8.96. The van der Waals surface area contributed by atoms with Crippen LogP contribution < -0.4 is 5.32 Å². The van der Waals surface area contributed by atoms with Crippen molar-refractivity contribution in [3.05, 3.63) is 0 Å². The molecule has 108 valence electrons. The maximum atomic E-state index is 3.81. The molecule has 1 aliphatic carbocycles. The average Bonchev–Trinajstić information content (AvgIpc) is 2.56. The molecule has 0 bridgehead atoms. The highest BCUT2D eigenvalue weighted by molar-refractivity contribution is 4.82. The molecule has 1 heteroatoms. The lowest BCUT2D eigenvalue weighted by atomic mass is 9.84.